The number of carbonyl (C=O) groups excluding carboxylic acids is 2. The Labute approximate surface area is 162 Å². The van der Waals surface area contributed by atoms with Gasteiger partial charge in [-0.05, 0) is 30.7 Å². The van der Waals surface area contributed by atoms with E-state index in [2.05, 4.69) is 0 Å². The summed E-state index contributed by atoms with van der Waals surface area (Å²) in [6.45, 7) is 2.03. The predicted molar refractivity (Wildman–Crippen MR) is 105 cm³/mol. The maximum absolute atomic E-state index is 12.5. The number of fused-ring (bicyclic) bond motifs is 1. The number of methoxy groups -OCH3 is 2. The number of ether oxygens (including phenoxy) is 3. The summed E-state index contributed by atoms with van der Waals surface area (Å²) in [5, 5.41) is 0.536. The smallest absolute Gasteiger partial charge is 0.342 e. The summed E-state index contributed by atoms with van der Waals surface area (Å²) in [4.78, 5) is 24.1. The SMILES string of the molecule is CCOC(=O)/C=C/c1cc(OC)c2oc(-c3ccccc3)c(C(=O)OC)c2c1. The van der Waals surface area contributed by atoms with E-state index in [-0.39, 0.29) is 0 Å². The maximum atomic E-state index is 12.5. The molecule has 28 heavy (non-hydrogen) atoms. The number of carbonyl (C=O) groups is 2. The molecule has 3 aromatic rings. The van der Waals surface area contributed by atoms with E-state index in [1.165, 1.54) is 20.3 Å². The van der Waals surface area contributed by atoms with Gasteiger partial charge in [0.15, 0.2) is 11.3 Å². The molecule has 6 nitrogen and oxygen atoms in total. The van der Waals surface area contributed by atoms with Crippen LogP contribution >= 0.6 is 0 Å². The molecule has 1 aromatic heterocycles. The molecule has 0 aliphatic rings. The lowest BCUT2D eigenvalue weighted by Crippen LogP contribution is -2.02. The Morgan fingerprint density at radius 1 is 1.11 bits per heavy atom. The van der Waals surface area contributed by atoms with Gasteiger partial charge in [0.25, 0.3) is 0 Å². The fraction of sp³-hybridized carbons (Fsp3) is 0.182. The fourth-order valence-electron chi connectivity index (χ4n) is 2.89. The van der Waals surface area contributed by atoms with Crippen molar-refractivity contribution in [1.29, 1.82) is 0 Å². The molecule has 0 fully saturated rings. The zero-order valence-electron chi connectivity index (χ0n) is 15.9. The summed E-state index contributed by atoms with van der Waals surface area (Å²) in [5.41, 5.74) is 2.12. The molecule has 3 rings (SSSR count). The van der Waals surface area contributed by atoms with Crippen molar-refractivity contribution in [3.63, 3.8) is 0 Å². The largest absolute Gasteiger partial charge is 0.493 e. The summed E-state index contributed by atoms with van der Waals surface area (Å²) >= 11 is 0. The second-order valence-electron chi connectivity index (χ2n) is 5.85. The first kappa shape index (κ1) is 19.2. The van der Waals surface area contributed by atoms with Crippen molar-refractivity contribution >= 4 is 29.0 Å². The minimum Gasteiger partial charge on any atom is -0.493 e. The molecule has 1 heterocycles. The van der Waals surface area contributed by atoms with Gasteiger partial charge in [-0.1, -0.05) is 30.3 Å². The highest BCUT2D eigenvalue weighted by atomic mass is 16.5. The third-order valence-electron chi connectivity index (χ3n) is 4.12. The third-order valence-corrected chi connectivity index (χ3v) is 4.12. The third kappa shape index (κ3) is 3.76. The van der Waals surface area contributed by atoms with E-state index >= 15 is 0 Å². The zero-order valence-corrected chi connectivity index (χ0v) is 15.9. The molecule has 0 radical (unpaired) electrons. The van der Waals surface area contributed by atoms with E-state index in [0.717, 1.165) is 5.56 Å². The topological polar surface area (TPSA) is 75.0 Å². The van der Waals surface area contributed by atoms with Crippen LogP contribution in [0.3, 0.4) is 0 Å². The molecule has 2 aromatic carbocycles. The van der Waals surface area contributed by atoms with Crippen LogP contribution in [0.5, 0.6) is 5.75 Å². The van der Waals surface area contributed by atoms with Gasteiger partial charge in [0, 0.05) is 17.0 Å². The van der Waals surface area contributed by atoms with Crippen LogP contribution in [0, 0.1) is 0 Å². The van der Waals surface area contributed by atoms with E-state index in [9.17, 15) is 9.59 Å². The fourth-order valence-corrected chi connectivity index (χ4v) is 2.89. The van der Waals surface area contributed by atoms with Crippen molar-refractivity contribution in [2.75, 3.05) is 20.8 Å². The summed E-state index contributed by atoms with van der Waals surface area (Å²) in [7, 11) is 2.83. The Hall–Kier alpha value is -3.54. The number of benzene rings is 2. The molecule has 0 saturated carbocycles. The van der Waals surface area contributed by atoms with E-state index in [0.29, 0.717) is 40.2 Å². The highest BCUT2D eigenvalue weighted by Crippen LogP contribution is 2.39. The van der Waals surface area contributed by atoms with Gasteiger partial charge in [0.2, 0.25) is 0 Å². The van der Waals surface area contributed by atoms with Gasteiger partial charge < -0.3 is 18.6 Å². The number of hydrogen-bond donors (Lipinski definition) is 0. The van der Waals surface area contributed by atoms with Crippen LogP contribution in [0.25, 0.3) is 28.4 Å². The molecule has 0 unspecified atom stereocenters. The Morgan fingerprint density at radius 2 is 1.86 bits per heavy atom. The molecule has 0 atom stereocenters. The zero-order chi connectivity index (χ0) is 20.1. The van der Waals surface area contributed by atoms with Crippen molar-refractivity contribution in [3.05, 3.63) is 59.7 Å². The van der Waals surface area contributed by atoms with Crippen LogP contribution in [0.4, 0.5) is 0 Å². The Bertz CT molecular complexity index is 1030. The molecular formula is C22H20O6. The predicted octanol–water partition coefficient (Wildman–Crippen LogP) is 4.47. The van der Waals surface area contributed by atoms with Crippen molar-refractivity contribution in [3.8, 4) is 17.1 Å². The normalized spacial score (nSPS) is 11.0. The number of furan rings is 1. The maximum Gasteiger partial charge on any atom is 0.342 e. The van der Waals surface area contributed by atoms with Crippen LogP contribution in [-0.2, 0) is 14.3 Å². The molecule has 144 valence electrons. The lowest BCUT2D eigenvalue weighted by molar-refractivity contribution is -0.137. The van der Waals surface area contributed by atoms with Crippen LogP contribution < -0.4 is 4.74 Å². The molecule has 0 saturated heterocycles. The van der Waals surface area contributed by atoms with Crippen LogP contribution in [0.15, 0.2) is 53.0 Å². The lowest BCUT2D eigenvalue weighted by atomic mass is 10.0. The minimum absolute atomic E-state index is 0.292. The lowest BCUT2D eigenvalue weighted by Gasteiger charge is -2.04. The molecular weight excluding hydrogens is 360 g/mol. The summed E-state index contributed by atoms with van der Waals surface area (Å²) < 4.78 is 21.3. The van der Waals surface area contributed by atoms with E-state index in [4.69, 9.17) is 18.6 Å². The van der Waals surface area contributed by atoms with E-state index < -0.39 is 11.9 Å². The Kier molecular flexibility index (Phi) is 5.79. The molecule has 0 amide bonds. The average molecular weight is 380 g/mol. The minimum atomic E-state index is -0.522. The molecule has 0 bridgehead atoms. The summed E-state index contributed by atoms with van der Waals surface area (Å²) in [6.07, 6.45) is 2.91. The molecule has 0 N–H and O–H groups in total. The molecule has 6 heteroatoms. The Morgan fingerprint density at radius 3 is 2.50 bits per heavy atom. The van der Waals surface area contributed by atoms with Gasteiger partial charge in [0.05, 0.1) is 20.8 Å². The van der Waals surface area contributed by atoms with Gasteiger partial charge >= 0.3 is 11.9 Å². The van der Waals surface area contributed by atoms with E-state index in [1.54, 1.807) is 25.1 Å². The molecule has 0 aliphatic carbocycles. The second-order valence-corrected chi connectivity index (χ2v) is 5.85. The first-order chi connectivity index (χ1) is 13.6. The van der Waals surface area contributed by atoms with Crippen LogP contribution in [0.1, 0.15) is 22.8 Å². The first-order valence-electron chi connectivity index (χ1n) is 8.72. The highest BCUT2D eigenvalue weighted by molar-refractivity contribution is 6.10. The highest BCUT2D eigenvalue weighted by Gasteiger charge is 2.25. The van der Waals surface area contributed by atoms with Gasteiger partial charge in [-0.2, -0.15) is 0 Å². The van der Waals surface area contributed by atoms with Crippen molar-refractivity contribution in [2.45, 2.75) is 6.92 Å². The van der Waals surface area contributed by atoms with Crippen LogP contribution in [0.2, 0.25) is 0 Å². The number of hydrogen-bond acceptors (Lipinski definition) is 6. The van der Waals surface area contributed by atoms with Crippen molar-refractivity contribution in [1.82, 2.24) is 0 Å². The van der Waals surface area contributed by atoms with E-state index in [1.807, 2.05) is 30.3 Å². The Balaban J connectivity index is 2.22. The number of rotatable bonds is 6. The first-order valence-corrected chi connectivity index (χ1v) is 8.72. The van der Waals surface area contributed by atoms with Gasteiger partial charge in [-0.15, -0.1) is 0 Å². The molecule has 0 spiro atoms. The monoisotopic (exact) mass is 380 g/mol. The standard InChI is InChI=1S/C22H20O6/c1-4-27-18(23)11-10-14-12-16-19(22(24)26-3)20(15-8-6-5-7-9-15)28-21(16)17(13-14)25-2/h5-13H,4H2,1-3H3/b11-10+. The number of esters is 2. The summed E-state index contributed by atoms with van der Waals surface area (Å²) in [6, 6.07) is 12.7. The molecule has 0 aliphatic heterocycles. The second kappa shape index (κ2) is 8.43. The quantitative estimate of drug-likeness (QED) is 0.464. The van der Waals surface area contributed by atoms with Crippen molar-refractivity contribution in [2.24, 2.45) is 0 Å². The average Bonchev–Trinajstić information content (AvgIpc) is 3.11. The van der Waals surface area contributed by atoms with Gasteiger partial charge in [-0.25, -0.2) is 9.59 Å². The van der Waals surface area contributed by atoms with Gasteiger partial charge in [-0.3, -0.25) is 0 Å². The van der Waals surface area contributed by atoms with Gasteiger partial charge in [0.1, 0.15) is 11.3 Å². The summed E-state index contributed by atoms with van der Waals surface area (Å²) in [5.74, 6) is -0.140. The van der Waals surface area contributed by atoms with Crippen molar-refractivity contribution < 1.29 is 28.2 Å². The van der Waals surface area contributed by atoms with Crippen LogP contribution in [-0.4, -0.2) is 32.8 Å².